The third-order valence-electron chi connectivity index (χ3n) is 4.97. The molecule has 0 aromatic carbocycles. The summed E-state index contributed by atoms with van der Waals surface area (Å²) in [5.74, 6) is 1.60. The van der Waals surface area contributed by atoms with Crippen LogP contribution >= 0.6 is 0 Å². The monoisotopic (exact) mass is 296 g/mol. The standard InChI is InChI=1S/C18H36N2O/c1-4-9-19-12-7-18(8-13-19)21-15-17-5-10-20(11-6-17)14-16(2)3/h16-18H,4-15H2,1-3H3. The molecule has 2 fully saturated rings. The summed E-state index contributed by atoms with van der Waals surface area (Å²) >= 11 is 0. The molecule has 2 aliphatic heterocycles. The van der Waals surface area contributed by atoms with Gasteiger partial charge in [0.1, 0.15) is 0 Å². The van der Waals surface area contributed by atoms with E-state index >= 15 is 0 Å². The quantitative estimate of drug-likeness (QED) is 0.717. The van der Waals surface area contributed by atoms with E-state index in [1.165, 1.54) is 71.4 Å². The Bertz CT molecular complexity index is 266. The van der Waals surface area contributed by atoms with Crippen LogP contribution in [0.3, 0.4) is 0 Å². The second-order valence-electron chi connectivity index (χ2n) is 7.51. The zero-order valence-electron chi connectivity index (χ0n) is 14.5. The molecule has 124 valence electrons. The molecule has 0 aliphatic carbocycles. The van der Waals surface area contributed by atoms with Crippen LogP contribution < -0.4 is 0 Å². The van der Waals surface area contributed by atoms with Crippen molar-refractivity contribution in [2.75, 3.05) is 45.9 Å². The van der Waals surface area contributed by atoms with Crippen molar-refractivity contribution in [3.05, 3.63) is 0 Å². The number of rotatable bonds is 7. The Morgan fingerprint density at radius 1 is 0.952 bits per heavy atom. The maximum atomic E-state index is 6.22. The third kappa shape index (κ3) is 6.25. The summed E-state index contributed by atoms with van der Waals surface area (Å²) < 4.78 is 6.22. The van der Waals surface area contributed by atoms with Crippen molar-refractivity contribution in [2.24, 2.45) is 11.8 Å². The van der Waals surface area contributed by atoms with Crippen molar-refractivity contribution in [3.8, 4) is 0 Å². The van der Waals surface area contributed by atoms with E-state index in [-0.39, 0.29) is 0 Å². The largest absolute Gasteiger partial charge is 0.378 e. The van der Waals surface area contributed by atoms with Gasteiger partial charge < -0.3 is 14.5 Å². The number of hydrogen-bond donors (Lipinski definition) is 0. The average molecular weight is 296 g/mol. The van der Waals surface area contributed by atoms with Gasteiger partial charge in [-0.1, -0.05) is 20.8 Å². The molecular formula is C18H36N2O. The lowest BCUT2D eigenvalue weighted by molar-refractivity contribution is -0.0196. The second kappa shape index (κ2) is 9.12. The summed E-state index contributed by atoms with van der Waals surface area (Å²) in [6.07, 6.45) is 6.97. The van der Waals surface area contributed by atoms with E-state index in [0.717, 1.165) is 18.4 Å². The van der Waals surface area contributed by atoms with Crippen LogP contribution in [0.5, 0.6) is 0 Å². The molecule has 0 bridgehead atoms. The fourth-order valence-corrected chi connectivity index (χ4v) is 3.74. The average Bonchev–Trinajstić information content (AvgIpc) is 2.48. The highest BCUT2D eigenvalue weighted by atomic mass is 16.5. The molecule has 0 atom stereocenters. The zero-order chi connectivity index (χ0) is 15.1. The van der Waals surface area contributed by atoms with Gasteiger partial charge in [-0.2, -0.15) is 0 Å². The first-order valence-corrected chi connectivity index (χ1v) is 9.23. The van der Waals surface area contributed by atoms with E-state index in [0.29, 0.717) is 6.10 Å². The van der Waals surface area contributed by atoms with Crippen molar-refractivity contribution >= 4 is 0 Å². The summed E-state index contributed by atoms with van der Waals surface area (Å²) in [6, 6.07) is 0. The highest BCUT2D eigenvalue weighted by Gasteiger charge is 2.23. The van der Waals surface area contributed by atoms with Crippen LogP contribution in [0.15, 0.2) is 0 Å². The normalized spacial score (nSPS) is 24.0. The van der Waals surface area contributed by atoms with Gasteiger partial charge in [0.2, 0.25) is 0 Å². The van der Waals surface area contributed by atoms with E-state index < -0.39 is 0 Å². The van der Waals surface area contributed by atoms with Gasteiger partial charge in [0.05, 0.1) is 6.10 Å². The molecule has 0 spiro atoms. The lowest BCUT2D eigenvalue weighted by Crippen LogP contribution is -2.40. The molecule has 0 aromatic heterocycles. The van der Waals surface area contributed by atoms with E-state index in [9.17, 15) is 0 Å². The summed E-state index contributed by atoms with van der Waals surface area (Å²) in [4.78, 5) is 5.22. The van der Waals surface area contributed by atoms with Crippen LogP contribution in [-0.4, -0.2) is 61.8 Å². The van der Waals surface area contributed by atoms with Gasteiger partial charge in [-0.05, 0) is 63.6 Å². The Morgan fingerprint density at radius 2 is 1.57 bits per heavy atom. The fraction of sp³-hybridized carbons (Fsp3) is 1.00. The highest BCUT2D eigenvalue weighted by Crippen LogP contribution is 2.21. The molecule has 0 N–H and O–H groups in total. The molecule has 2 saturated heterocycles. The van der Waals surface area contributed by atoms with Crippen molar-refractivity contribution < 1.29 is 4.74 Å². The predicted molar refractivity (Wildman–Crippen MR) is 89.7 cm³/mol. The lowest BCUT2D eigenvalue weighted by Gasteiger charge is -2.35. The van der Waals surface area contributed by atoms with Crippen molar-refractivity contribution in [1.82, 2.24) is 9.80 Å². The van der Waals surface area contributed by atoms with Crippen LogP contribution in [0.1, 0.15) is 52.9 Å². The van der Waals surface area contributed by atoms with Gasteiger partial charge in [0.15, 0.2) is 0 Å². The van der Waals surface area contributed by atoms with Crippen molar-refractivity contribution in [1.29, 1.82) is 0 Å². The van der Waals surface area contributed by atoms with Crippen molar-refractivity contribution in [3.63, 3.8) is 0 Å². The molecule has 3 heteroatoms. The maximum absolute atomic E-state index is 6.22. The minimum atomic E-state index is 0.534. The van der Waals surface area contributed by atoms with Crippen LogP contribution in [0, 0.1) is 11.8 Å². The zero-order valence-corrected chi connectivity index (χ0v) is 14.5. The molecule has 2 heterocycles. The molecular weight excluding hydrogens is 260 g/mol. The van der Waals surface area contributed by atoms with Gasteiger partial charge in [0.25, 0.3) is 0 Å². The van der Waals surface area contributed by atoms with Crippen LogP contribution in [0.2, 0.25) is 0 Å². The summed E-state index contributed by atoms with van der Waals surface area (Å²) in [6.45, 7) is 15.5. The first-order valence-electron chi connectivity index (χ1n) is 9.23. The lowest BCUT2D eigenvalue weighted by atomic mass is 9.97. The molecule has 3 nitrogen and oxygen atoms in total. The third-order valence-corrected chi connectivity index (χ3v) is 4.97. The molecule has 0 amide bonds. The molecule has 0 radical (unpaired) electrons. The predicted octanol–water partition coefficient (Wildman–Crippen LogP) is 3.25. The van der Waals surface area contributed by atoms with Gasteiger partial charge in [-0.25, -0.2) is 0 Å². The molecule has 2 rings (SSSR count). The van der Waals surface area contributed by atoms with E-state index in [1.807, 2.05) is 0 Å². The minimum Gasteiger partial charge on any atom is -0.378 e. The van der Waals surface area contributed by atoms with E-state index in [2.05, 4.69) is 30.6 Å². The molecule has 0 saturated carbocycles. The van der Waals surface area contributed by atoms with Gasteiger partial charge in [-0.15, -0.1) is 0 Å². The second-order valence-corrected chi connectivity index (χ2v) is 7.51. The Labute approximate surface area is 132 Å². The van der Waals surface area contributed by atoms with Crippen LogP contribution in [0.4, 0.5) is 0 Å². The van der Waals surface area contributed by atoms with Crippen LogP contribution in [0.25, 0.3) is 0 Å². The molecule has 21 heavy (non-hydrogen) atoms. The Kier molecular flexibility index (Phi) is 7.48. The number of piperidine rings is 2. The number of nitrogens with zero attached hydrogens (tertiary/aromatic N) is 2. The number of hydrogen-bond acceptors (Lipinski definition) is 3. The Hall–Kier alpha value is -0.120. The highest BCUT2D eigenvalue weighted by molar-refractivity contribution is 4.75. The Morgan fingerprint density at radius 3 is 2.14 bits per heavy atom. The molecule has 0 aromatic rings. The van der Waals surface area contributed by atoms with Crippen molar-refractivity contribution in [2.45, 2.75) is 59.0 Å². The van der Waals surface area contributed by atoms with Crippen LogP contribution in [-0.2, 0) is 4.74 Å². The van der Waals surface area contributed by atoms with Gasteiger partial charge in [-0.3, -0.25) is 0 Å². The smallest absolute Gasteiger partial charge is 0.0599 e. The molecule has 2 aliphatic rings. The first-order chi connectivity index (χ1) is 10.2. The van der Waals surface area contributed by atoms with E-state index in [4.69, 9.17) is 4.74 Å². The van der Waals surface area contributed by atoms with E-state index in [1.54, 1.807) is 0 Å². The minimum absolute atomic E-state index is 0.534. The summed E-state index contributed by atoms with van der Waals surface area (Å²) in [5, 5.41) is 0. The number of likely N-dealkylation sites (tertiary alicyclic amines) is 2. The topological polar surface area (TPSA) is 15.7 Å². The van der Waals surface area contributed by atoms with Gasteiger partial charge >= 0.3 is 0 Å². The SMILES string of the molecule is CCCN1CCC(OCC2CCN(CC(C)C)CC2)CC1. The summed E-state index contributed by atoms with van der Waals surface area (Å²) in [7, 11) is 0. The number of ether oxygens (including phenoxy) is 1. The Balaban J connectivity index is 1.56. The molecule has 0 unspecified atom stereocenters. The summed E-state index contributed by atoms with van der Waals surface area (Å²) in [5.41, 5.74) is 0. The fourth-order valence-electron chi connectivity index (χ4n) is 3.74. The maximum Gasteiger partial charge on any atom is 0.0599 e. The van der Waals surface area contributed by atoms with Gasteiger partial charge in [0, 0.05) is 26.2 Å². The first kappa shape index (κ1) is 17.2.